The second-order valence-electron chi connectivity index (χ2n) is 5.84. The summed E-state index contributed by atoms with van der Waals surface area (Å²) in [5.74, 6) is -0.972. The van der Waals surface area contributed by atoms with Crippen molar-refractivity contribution in [1.29, 1.82) is 0 Å². The summed E-state index contributed by atoms with van der Waals surface area (Å²) in [6.45, 7) is 1.97. The Bertz CT molecular complexity index is 799. The quantitative estimate of drug-likeness (QED) is 0.573. The fraction of sp³-hybridized carbons (Fsp3) is 0.250. The minimum Gasteiger partial charge on any atom is -0.480 e. The van der Waals surface area contributed by atoms with E-state index in [9.17, 15) is 9.90 Å². The van der Waals surface area contributed by atoms with E-state index >= 15 is 0 Å². The molecule has 0 bridgehead atoms. The lowest BCUT2D eigenvalue weighted by Gasteiger charge is -2.05. The SMILES string of the molecule is CCC(O)c1ccccc1.NC(Cc1c[nH]c2ccccc12)C(=O)O. The highest BCUT2D eigenvalue weighted by Gasteiger charge is 2.14. The zero-order valence-corrected chi connectivity index (χ0v) is 14.2. The number of carboxylic acid groups (broad SMARTS) is 1. The zero-order valence-electron chi connectivity index (χ0n) is 14.2. The van der Waals surface area contributed by atoms with Crippen LogP contribution in [0.2, 0.25) is 0 Å². The minimum absolute atomic E-state index is 0.291. The van der Waals surface area contributed by atoms with Crippen LogP contribution in [0, 0.1) is 0 Å². The average molecular weight is 340 g/mol. The van der Waals surface area contributed by atoms with Crippen LogP contribution in [0.4, 0.5) is 0 Å². The van der Waals surface area contributed by atoms with Crippen molar-refractivity contribution < 1.29 is 15.0 Å². The number of carboxylic acids is 1. The van der Waals surface area contributed by atoms with Crippen molar-refractivity contribution in [2.24, 2.45) is 5.73 Å². The molecule has 0 saturated heterocycles. The van der Waals surface area contributed by atoms with Crippen LogP contribution in [0.1, 0.15) is 30.6 Å². The molecule has 1 heterocycles. The number of aliphatic carboxylic acids is 1. The van der Waals surface area contributed by atoms with Crippen molar-refractivity contribution in [2.75, 3.05) is 0 Å². The number of nitrogens with one attached hydrogen (secondary N) is 1. The molecule has 5 heteroatoms. The van der Waals surface area contributed by atoms with Gasteiger partial charge in [-0.15, -0.1) is 0 Å². The highest BCUT2D eigenvalue weighted by Crippen LogP contribution is 2.18. The van der Waals surface area contributed by atoms with Gasteiger partial charge in [-0.05, 0) is 23.6 Å². The Balaban J connectivity index is 0.000000196. The van der Waals surface area contributed by atoms with E-state index in [1.54, 1.807) is 0 Å². The van der Waals surface area contributed by atoms with Gasteiger partial charge in [-0.25, -0.2) is 0 Å². The van der Waals surface area contributed by atoms with Crippen LogP contribution in [0.5, 0.6) is 0 Å². The number of carbonyl (C=O) groups is 1. The molecule has 2 aromatic carbocycles. The third-order valence-corrected chi connectivity index (χ3v) is 4.00. The molecule has 0 radical (unpaired) electrons. The van der Waals surface area contributed by atoms with Gasteiger partial charge < -0.3 is 20.9 Å². The number of hydrogen-bond donors (Lipinski definition) is 4. The molecule has 2 unspecified atom stereocenters. The number of aliphatic hydroxyl groups excluding tert-OH is 1. The summed E-state index contributed by atoms with van der Waals surface area (Å²) in [4.78, 5) is 13.7. The maximum Gasteiger partial charge on any atom is 0.320 e. The molecule has 0 aliphatic carbocycles. The zero-order chi connectivity index (χ0) is 18.2. The molecule has 132 valence electrons. The van der Waals surface area contributed by atoms with E-state index in [1.807, 2.05) is 67.7 Å². The highest BCUT2D eigenvalue weighted by atomic mass is 16.4. The van der Waals surface area contributed by atoms with Gasteiger partial charge >= 0.3 is 5.97 Å². The molecule has 3 aromatic rings. The number of aromatic amines is 1. The van der Waals surface area contributed by atoms with E-state index in [-0.39, 0.29) is 6.10 Å². The lowest BCUT2D eigenvalue weighted by Crippen LogP contribution is -2.32. The van der Waals surface area contributed by atoms with Gasteiger partial charge in [0.1, 0.15) is 6.04 Å². The van der Waals surface area contributed by atoms with Crippen molar-refractivity contribution in [3.63, 3.8) is 0 Å². The smallest absolute Gasteiger partial charge is 0.320 e. The summed E-state index contributed by atoms with van der Waals surface area (Å²) in [6, 6.07) is 16.6. The van der Waals surface area contributed by atoms with E-state index in [0.717, 1.165) is 28.5 Å². The van der Waals surface area contributed by atoms with Crippen molar-refractivity contribution in [2.45, 2.75) is 31.9 Å². The first kappa shape index (κ1) is 18.7. The number of para-hydroxylation sites is 1. The molecule has 25 heavy (non-hydrogen) atoms. The van der Waals surface area contributed by atoms with Crippen molar-refractivity contribution in [1.82, 2.24) is 4.98 Å². The first-order valence-corrected chi connectivity index (χ1v) is 8.29. The number of rotatable bonds is 5. The molecule has 0 aliphatic rings. The number of hydrogen-bond acceptors (Lipinski definition) is 3. The van der Waals surface area contributed by atoms with E-state index in [4.69, 9.17) is 10.8 Å². The summed E-state index contributed by atoms with van der Waals surface area (Å²) in [5, 5.41) is 19.1. The van der Waals surface area contributed by atoms with Crippen molar-refractivity contribution in [3.05, 3.63) is 71.9 Å². The van der Waals surface area contributed by atoms with Crippen LogP contribution in [0.25, 0.3) is 10.9 Å². The van der Waals surface area contributed by atoms with Crippen molar-refractivity contribution >= 4 is 16.9 Å². The summed E-state index contributed by atoms with van der Waals surface area (Å²) >= 11 is 0. The lowest BCUT2D eigenvalue weighted by molar-refractivity contribution is -0.138. The highest BCUT2D eigenvalue weighted by molar-refractivity contribution is 5.84. The predicted molar refractivity (Wildman–Crippen MR) is 99.3 cm³/mol. The van der Waals surface area contributed by atoms with Gasteiger partial charge in [0.05, 0.1) is 6.10 Å². The minimum atomic E-state index is -0.972. The third kappa shape index (κ3) is 5.17. The number of aliphatic hydroxyl groups is 1. The summed E-state index contributed by atoms with van der Waals surface area (Å²) < 4.78 is 0. The summed E-state index contributed by atoms with van der Waals surface area (Å²) in [5.41, 5.74) is 8.44. The Labute approximate surface area is 147 Å². The van der Waals surface area contributed by atoms with E-state index < -0.39 is 12.0 Å². The standard InChI is InChI=1S/C11H12N2O2.C9H12O/c12-9(11(14)15)5-7-6-13-10-4-2-1-3-8(7)10;1-2-9(10)8-6-4-3-5-7-8/h1-4,6,9,13H,5,12H2,(H,14,15);3-7,9-10H,2H2,1H3. The van der Waals surface area contributed by atoms with Gasteiger partial charge in [0.25, 0.3) is 0 Å². The topological polar surface area (TPSA) is 99.3 Å². The Morgan fingerprint density at radius 3 is 2.40 bits per heavy atom. The Hall–Kier alpha value is -2.63. The number of aromatic nitrogens is 1. The van der Waals surface area contributed by atoms with Crippen LogP contribution in [0.15, 0.2) is 60.8 Å². The van der Waals surface area contributed by atoms with Gasteiger partial charge in [0, 0.05) is 23.5 Å². The maximum atomic E-state index is 10.6. The average Bonchev–Trinajstić information content (AvgIpc) is 3.05. The Morgan fingerprint density at radius 2 is 1.76 bits per heavy atom. The van der Waals surface area contributed by atoms with Gasteiger partial charge in [-0.1, -0.05) is 55.5 Å². The second kappa shape index (κ2) is 9.01. The second-order valence-corrected chi connectivity index (χ2v) is 5.84. The first-order chi connectivity index (χ1) is 12.0. The first-order valence-electron chi connectivity index (χ1n) is 8.29. The molecular weight excluding hydrogens is 316 g/mol. The molecule has 3 rings (SSSR count). The molecule has 0 saturated carbocycles. The molecular formula is C20H24N2O3. The molecule has 0 amide bonds. The van der Waals surface area contributed by atoms with Crippen LogP contribution < -0.4 is 5.73 Å². The number of benzene rings is 2. The fourth-order valence-electron chi connectivity index (χ4n) is 2.54. The van der Waals surface area contributed by atoms with Crippen LogP contribution in [-0.4, -0.2) is 27.2 Å². The summed E-state index contributed by atoms with van der Waals surface area (Å²) in [7, 11) is 0. The Morgan fingerprint density at radius 1 is 1.12 bits per heavy atom. The van der Waals surface area contributed by atoms with E-state index in [2.05, 4.69) is 4.98 Å². The van der Waals surface area contributed by atoms with Gasteiger partial charge in [-0.2, -0.15) is 0 Å². The number of H-pyrrole nitrogens is 1. The van der Waals surface area contributed by atoms with Gasteiger partial charge in [0.2, 0.25) is 0 Å². The van der Waals surface area contributed by atoms with E-state index in [1.165, 1.54) is 0 Å². The largest absolute Gasteiger partial charge is 0.480 e. The lowest BCUT2D eigenvalue weighted by atomic mass is 10.1. The molecule has 0 fully saturated rings. The number of nitrogens with two attached hydrogens (primary N) is 1. The van der Waals surface area contributed by atoms with E-state index in [0.29, 0.717) is 6.42 Å². The third-order valence-electron chi connectivity index (χ3n) is 4.00. The van der Waals surface area contributed by atoms with Crippen LogP contribution in [0.3, 0.4) is 0 Å². The molecule has 1 aromatic heterocycles. The van der Waals surface area contributed by atoms with Crippen LogP contribution >= 0.6 is 0 Å². The fourth-order valence-corrected chi connectivity index (χ4v) is 2.54. The summed E-state index contributed by atoms with van der Waals surface area (Å²) in [6.07, 6.45) is 2.65. The predicted octanol–water partition coefficient (Wildman–Crippen LogP) is 3.25. The monoisotopic (exact) mass is 340 g/mol. The molecule has 5 nitrogen and oxygen atoms in total. The van der Waals surface area contributed by atoms with Gasteiger partial charge in [0.15, 0.2) is 0 Å². The van der Waals surface area contributed by atoms with Gasteiger partial charge in [-0.3, -0.25) is 4.79 Å². The molecule has 2 atom stereocenters. The molecule has 0 aliphatic heterocycles. The Kier molecular flexibility index (Phi) is 6.74. The number of fused-ring (bicyclic) bond motifs is 1. The maximum absolute atomic E-state index is 10.6. The molecule has 5 N–H and O–H groups in total. The molecule has 0 spiro atoms. The van der Waals surface area contributed by atoms with Crippen LogP contribution in [-0.2, 0) is 11.2 Å². The van der Waals surface area contributed by atoms with Crippen molar-refractivity contribution in [3.8, 4) is 0 Å². The normalized spacial score (nSPS) is 12.9.